The van der Waals surface area contributed by atoms with Crippen molar-refractivity contribution in [1.82, 2.24) is 19.3 Å². The first kappa shape index (κ1) is 12.5. The monoisotopic (exact) mass is 246 g/mol. The molecule has 18 heavy (non-hydrogen) atoms. The molecule has 0 aliphatic carbocycles. The summed E-state index contributed by atoms with van der Waals surface area (Å²) in [6.07, 6.45) is 2.68. The standard InChI is InChI=1S/C13H18N4O/c1-4-11-8-12(17(5-2)15-11)9-16-7-6-10(3)14-13(16)18/h6-8H,4-5,9H2,1-3H3. The molecule has 0 spiro atoms. The largest absolute Gasteiger partial charge is 0.348 e. The maximum atomic E-state index is 11.7. The third kappa shape index (κ3) is 2.50. The number of hydrogen-bond donors (Lipinski definition) is 0. The number of aromatic nitrogens is 4. The molecule has 0 saturated carbocycles. The minimum atomic E-state index is -0.211. The first-order chi connectivity index (χ1) is 8.63. The van der Waals surface area contributed by atoms with Crippen molar-refractivity contribution in [3.05, 3.63) is 45.9 Å². The van der Waals surface area contributed by atoms with Crippen LogP contribution in [0.4, 0.5) is 0 Å². The molecule has 0 aliphatic heterocycles. The molecule has 2 aromatic rings. The van der Waals surface area contributed by atoms with E-state index in [-0.39, 0.29) is 5.69 Å². The maximum absolute atomic E-state index is 11.7. The summed E-state index contributed by atoms with van der Waals surface area (Å²) in [4.78, 5) is 15.7. The number of aryl methyl sites for hydroxylation is 3. The predicted octanol–water partition coefficient (Wildman–Crippen LogP) is 1.38. The van der Waals surface area contributed by atoms with Crippen LogP contribution in [0.1, 0.15) is 30.9 Å². The number of hydrogen-bond acceptors (Lipinski definition) is 3. The Morgan fingerprint density at radius 3 is 2.72 bits per heavy atom. The summed E-state index contributed by atoms with van der Waals surface area (Å²) < 4.78 is 3.54. The molecule has 0 saturated heterocycles. The van der Waals surface area contributed by atoms with E-state index in [1.165, 1.54) is 0 Å². The van der Waals surface area contributed by atoms with E-state index < -0.39 is 0 Å². The van der Waals surface area contributed by atoms with Crippen LogP contribution in [0.5, 0.6) is 0 Å². The summed E-state index contributed by atoms with van der Waals surface area (Å²) in [5, 5.41) is 4.47. The van der Waals surface area contributed by atoms with Gasteiger partial charge < -0.3 is 0 Å². The van der Waals surface area contributed by atoms with Crippen molar-refractivity contribution >= 4 is 0 Å². The Labute approximate surface area is 106 Å². The molecule has 0 atom stereocenters. The Balaban J connectivity index is 2.33. The average molecular weight is 246 g/mol. The van der Waals surface area contributed by atoms with Gasteiger partial charge in [-0.05, 0) is 32.4 Å². The van der Waals surface area contributed by atoms with Crippen LogP contribution in [-0.4, -0.2) is 19.3 Å². The Morgan fingerprint density at radius 2 is 2.11 bits per heavy atom. The van der Waals surface area contributed by atoms with Gasteiger partial charge in [0.05, 0.1) is 17.9 Å². The molecule has 0 fully saturated rings. The van der Waals surface area contributed by atoms with Gasteiger partial charge in [0, 0.05) is 18.4 Å². The fourth-order valence-corrected chi connectivity index (χ4v) is 1.90. The van der Waals surface area contributed by atoms with Gasteiger partial charge in [0.2, 0.25) is 0 Å². The lowest BCUT2D eigenvalue weighted by molar-refractivity contribution is 0.584. The van der Waals surface area contributed by atoms with Crippen molar-refractivity contribution in [2.75, 3.05) is 0 Å². The second-order valence-electron chi connectivity index (χ2n) is 4.28. The van der Waals surface area contributed by atoms with Crippen LogP contribution in [0.25, 0.3) is 0 Å². The van der Waals surface area contributed by atoms with E-state index in [2.05, 4.69) is 23.1 Å². The van der Waals surface area contributed by atoms with Crippen molar-refractivity contribution in [3.63, 3.8) is 0 Å². The molecule has 2 aromatic heterocycles. The Morgan fingerprint density at radius 1 is 1.33 bits per heavy atom. The van der Waals surface area contributed by atoms with Gasteiger partial charge in [-0.15, -0.1) is 0 Å². The van der Waals surface area contributed by atoms with E-state index in [0.717, 1.165) is 30.0 Å². The van der Waals surface area contributed by atoms with E-state index in [1.807, 2.05) is 24.6 Å². The second kappa shape index (κ2) is 5.16. The zero-order valence-electron chi connectivity index (χ0n) is 11.1. The van der Waals surface area contributed by atoms with Crippen molar-refractivity contribution < 1.29 is 0 Å². The first-order valence-corrected chi connectivity index (χ1v) is 6.23. The van der Waals surface area contributed by atoms with Crippen molar-refractivity contribution in [2.45, 2.75) is 40.3 Å². The van der Waals surface area contributed by atoms with Crippen LogP contribution < -0.4 is 5.69 Å². The lowest BCUT2D eigenvalue weighted by Crippen LogP contribution is -2.24. The highest BCUT2D eigenvalue weighted by Gasteiger charge is 2.07. The minimum absolute atomic E-state index is 0.211. The Hall–Kier alpha value is -1.91. The molecule has 0 N–H and O–H groups in total. The Kier molecular flexibility index (Phi) is 3.60. The van der Waals surface area contributed by atoms with Gasteiger partial charge >= 0.3 is 5.69 Å². The quantitative estimate of drug-likeness (QED) is 0.819. The molecule has 0 aromatic carbocycles. The van der Waals surface area contributed by atoms with Gasteiger partial charge in [-0.25, -0.2) is 4.79 Å². The highest BCUT2D eigenvalue weighted by Crippen LogP contribution is 2.06. The van der Waals surface area contributed by atoms with E-state index in [1.54, 1.807) is 10.8 Å². The molecular formula is C13H18N4O. The van der Waals surface area contributed by atoms with Crippen molar-refractivity contribution in [2.24, 2.45) is 0 Å². The lowest BCUT2D eigenvalue weighted by Gasteiger charge is -2.06. The molecule has 0 radical (unpaired) electrons. The van der Waals surface area contributed by atoms with E-state index in [0.29, 0.717) is 6.54 Å². The van der Waals surface area contributed by atoms with Gasteiger partial charge in [-0.2, -0.15) is 10.1 Å². The highest BCUT2D eigenvalue weighted by atomic mass is 16.1. The highest BCUT2D eigenvalue weighted by molar-refractivity contribution is 5.11. The van der Waals surface area contributed by atoms with Crippen LogP contribution in [-0.2, 0) is 19.5 Å². The summed E-state index contributed by atoms with van der Waals surface area (Å²) in [7, 11) is 0. The summed E-state index contributed by atoms with van der Waals surface area (Å²) in [6.45, 7) is 7.27. The van der Waals surface area contributed by atoms with E-state index in [9.17, 15) is 4.79 Å². The van der Waals surface area contributed by atoms with Crippen LogP contribution in [0.2, 0.25) is 0 Å². The molecule has 0 bridgehead atoms. The zero-order valence-corrected chi connectivity index (χ0v) is 11.1. The second-order valence-corrected chi connectivity index (χ2v) is 4.28. The molecule has 0 amide bonds. The average Bonchev–Trinajstić information content (AvgIpc) is 2.75. The van der Waals surface area contributed by atoms with Gasteiger partial charge in [0.1, 0.15) is 0 Å². The molecule has 2 rings (SSSR count). The van der Waals surface area contributed by atoms with Crippen LogP contribution in [0.15, 0.2) is 23.1 Å². The molecule has 5 nitrogen and oxygen atoms in total. The summed E-state index contributed by atoms with van der Waals surface area (Å²) in [5.74, 6) is 0. The fourth-order valence-electron chi connectivity index (χ4n) is 1.90. The minimum Gasteiger partial charge on any atom is -0.293 e. The van der Waals surface area contributed by atoms with E-state index >= 15 is 0 Å². The fraction of sp³-hybridized carbons (Fsp3) is 0.462. The van der Waals surface area contributed by atoms with Crippen LogP contribution >= 0.6 is 0 Å². The third-order valence-electron chi connectivity index (χ3n) is 2.92. The van der Waals surface area contributed by atoms with Gasteiger partial charge in [0.25, 0.3) is 0 Å². The molecule has 0 aliphatic rings. The SMILES string of the molecule is CCc1cc(Cn2ccc(C)nc2=O)n(CC)n1. The van der Waals surface area contributed by atoms with E-state index in [4.69, 9.17) is 0 Å². The molecule has 2 heterocycles. The van der Waals surface area contributed by atoms with Crippen molar-refractivity contribution in [1.29, 1.82) is 0 Å². The summed E-state index contributed by atoms with van der Waals surface area (Å²) in [6, 6.07) is 3.89. The molecule has 96 valence electrons. The molecule has 0 unspecified atom stereocenters. The first-order valence-electron chi connectivity index (χ1n) is 6.23. The van der Waals surface area contributed by atoms with Gasteiger partial charge in [0.15, 0.2) is 0 Å². The lowest BCUT2D eigenvalue weighted by atomic mass is 10.3. The third-order valence-corrected chi connectivity index (χ3v) is 2.92. The molecular weight excluding hydrogens is 228 g/mol. The topological polar surface area (TPSA) is 52.7 Å². The van der Waals surface area contributed by atoms with Gasteiger partial charge in [-0.1, -0.05) is 6.92 Å². The summed E-state index contributed by atoms with van der Waals surface area (Å²) in [5.41, 5.74) is 2.63. The number of rotatable bonds is 4. The molecule has 5 heteroatoms. The zero-order chi connectivity index (χ0) is 13.1. The predicted molar refractivity (Wildman–Crippen MR) is 69.6 cm³/mol. The van der Waals surface area contributed by atoms with Crippen LogP contribution in [0, 0.1) is 6.92 Å². The van der Waals surface area contributed by atoms with Crippen molar-refractivity contribution in [3.8, 4) is 0 Å². The number of nitrogens with zero attached hydrogens (tertiary/aromatic N) is 4. The van der Waals surface area contributed by atoms with Gasteiger partial charge in [-0.3, -0.25) is 9.25 Å². The Bertz CT molecular complexity index is 597. The normalized spacial score (nSPS) is 10.8. The maximum Gasteiger partial charge on any atom is 0.348 e. The van der Waals surface area contributed by atoms with Crippen LogP contribution in [0.3, 0.4) is 0 Å². The summed E-state index contributed by atoms with van der Waals surface area (Å²) >= 11 is 0. The smallest absolute Gasteiger partial charge is 0.293 e.